The van der Waals surface area contributed by atoms with Gasteiger partial charge in [0.1, 0.15) is 4.90 Å². The Balaban J connectivity index is 3.19. The first kappa shape index (κ1) is 16.0. The summed E-state index contributed by atoms with van der Waals surface area (Å²) in [5, 5.41) is 3.11. The van der Waals surface area contributed by atoms with E-state index in [0.717, 1.165) is 12.8 Å². The molecule has 0 aliphatic rings. The van der Waals surface area contributed by atoms with Crippen molar-refractivity contribution in [3.8, 4) is 0 Å². The Labute approximate surface area is 116 Å². The van der Waals surface area contributed by atoms with Crippen molar-refractivity contribution in [3.05, 3.63) is 24.3 Å². The van der Waals surface area contributed by atoms with Gasteiger partial charge in [0.2, 0.25) is 10.0 Å². The molecule has 1 rings (SSSR count). The van der Waals surface area contributed by atoms with Crippen LogP contribution in [0.4, 0.5) is 5.69 Å². The van der Waals surface area contributed by atoms with Crippen molar-refractivity contribution < 1.29 is 8.42 Å². The summed E-state index contributed by atoms with van der Waals surface area (Å²) in [5.74, 6) is 0. The lowest BCUT2D eigenvalue weighted by molar-refractivity contribution is 0.350. The number of sulfonamides is 1. The van der Waals surface area contributed by atoms with Crippen molar-refractivity contribution in [1.82, 2.24) is 4.31 Å². The second-order valence-corrected chi connectivity index (χ2v) is 6.48. The van der Waals surface area contributed by atoms with E-state index in [1.807, 2.05) is 26.8 Å². The minimum atomic E-state index is -3.44. The maximum Gasteiger partial charge on any atom is 0.245 e. The molecule has 0 aliphatic heterocycles. The van der Waals surface area contributed by atoms with Gasteiger partial charge in [-0.2, -0.15) is 4.31 Å². The first-order chi connectivity index (χ1) is 8.98. The van der Waals surface area contributed by atoms with E-state index in [9.17, 15) is 8.42 Å². The maximum atomic E-state index is 12.7. The van der Waals surface area contributed by atoms with Gasteiger partial charge in [-0.25, -0.2) is 8.42 Å². The summed E-state index contributed by atoms with van der Waals surface area (Å²) in [6.45, 7) is 6.67. The van der Waals surface area contributed by atoms with Gasteiger partial charge in [0.15, 0.2) is 0 Å². The van der Waals surface area contributed by atoms with E-state index < -0.39 is 10.0 Å². The third-order valence-electron chi connectivity index (χ3n) is 3.37. The van der Waals surface area contributed by atoms with E-state index in [1.54, 1.807) is 25.2 Å². The SMILES string of the molecule is CCNc1ccccc1S(=O)(=O)N(C)C(CC)CC. The van der Waals surface area contributed by atoms with Gasteiger partial charge in [0, 0.05) is 19.6 Å². The summed E-state index contributed by atoms with van der Waals surface area (Å²) in [4.78, 5) is 0.353. The molecule has 19 heavy (non-hydrogen) atoms. The molecule has 0 atom stereocenters. The van der Waals surface area contributed by atoms with E-state index >= 15 is 0 Å². The Kier molecular flexibility index (Phi) is 5.82. The summed E-state index contributed by atoms with van der Waals surface area (Å²) in [6, 6.07) is 7.10. The van der Waals surface area contributed by atoms with Crippen molar-refractivity contribution in [3.63, 3.8) is 0 Å². The molecule has 0 amide bonds. The molecule has 1 aromatic rings. The largest absolute Gasteiger partial charge is 0.384 e. The Morgan fingerprint density at radius 3 is 2.26 bits per heavy atom. The maximum absolute atomic E-state index is 12.7. The number of nitrogens with zero attached hydrogens (tertiary/aromatic N) is 1. The Hall–Kier alpha value is -1.07. The second kappa shape index (κ2) is 6.91. The molecule has 1 N–H and O–H groups in total. The Morgan fingerprint density at radius 2 is 1.74 bits per heavy atom. The van der Waals surface area contributed by atoms with Gasteiger partial charge >= 0.3 is 0 Å². The zero-order valence-corrected chi connectivity index (χ0v) is 13.0. The predicted octanol–water partition coefficient (Wildman–Crippen LogP) is 2.93. The van der Waals surface area contributed by atoms with Gasteiger partial charge < -0.3 is 5.32 Å². The van der Waals surface area contributed by atoms with Crippen LogP contribution in [-0.4, -0.2) is 32.4 Å². The van der Waals surface area contributed by atoms with Gasteiger partial charge in [0.25, 0.3) is 0 Å². The van der Waals surface area contributed by atoms with Gasteiger partial charge in [-0.05, 0) is 31.9 Å². The van der Waals surface area contributed by atoms with Crippen molar-refractivity contribution in [1.29, 1.82) is 0 Å². The molecule has 0 spiro atoms. The molecule has 0 radical (unpaired) electrons. The van der Waals surface area contributed by atoms with Crippen molar-refractivity contribution in [2.75, 3.05) is 18.9 Å². The molecule has 0 aliphatic carbocycles. The van der Waals surface area contributed by atoms with Crippen LogP contribution >= 0.6 is 0 Å². The number of rotatable bonds is 7. The molecule has 0 saturated carbocycles. The standard InChI is InChI=1S/C14H24N2O2S/c1-5-12(6-2)16(4)19(17,18)14-11-9-8-10-13(14)15-7-3/h8-12,15H,5-7H2,1-4H3. The molecule has 0 fully saturated rings. The molecule has 5 heteroatoms. The van der Waals surface area contributed by atoms with Crippen LogP contribution in [0.2, 0.25) is 0 Å². The first-order valence-electron chi connectivity index (χ1n) is 6.79. The molecule has 0 bridgehead atoms. The summed E-state index contributed by atoms with van der Waals surface area (Å²) in [7, 11) is -1.78. The average molecular weight is 284 g/mol. The predicted molar refractivity (Wildman–Crippen MR) is 79.9 cm³/mol. The molecule has 0 unspecified atom stereocenters. The fourth-order valence-electron chi connectivity index (χ4n) is 2.18. The lowest BCUT2D eigenvalue weighted by atomic mass is 10.2. The number of anilines is 1. The smallest absolute Gasteiger partial charge is 0.245 e. The highest BCUT2D eigenvalue weighted by molar-refractivity contribution is 7.89. The van der Waals surface area contributed by atoms with E-state index in [2.05, 4.69) is 5.32 Å². The highest BCUT2D eigenvalue weighted by Gasteiger charge is 2.27. The first-order valence-corrected chi connectivity index (χ1v) is 8.23. The van der Waals surface area contributed by atoms with E-state index in [4.69, 9.17) is 0 Å². The van der Waals surface area contributed by atoms with E-state index in [-0.39, 0.29) is 6.04 Å². The minimum absolute atomic E-state index is 0.0414. The second-order valence-electron chi connectivity index (χ2n) is 4.52. The summed E-state index contributed by atoms with van der Waals surface area (Å²) in [5.41, 5.74) is 0.669. The molecule has 108 valence electrons. The fraction of sp³-hybridized carbons (Fsp3) is 0.571. The van der Waals surface area contributed by atoms with Crippen molar-refractivity contribution >= 4 is 15.7 Å². The molecular formula is C14H24N2O2S. The Bertz CT molecular complexity index is 496. The molecule has 0 saturated heterocycles. The minimum Gasteiger partial charge on any atom is -0.384 e. The average Bonchev–Trinajstić information content (AvgIpc) is 2.41. The van der Waals surface area contributed by atoms with Crippen molar-refractivity contribution in [2.45, 2.75) is 44.6 Å². The zero-order valence-electron chi connectivity index (χ0n) is 12.2. The number of benzene rings is 1. The molecule has 1 aromatic carbocycles. The number of hydrogen-bond acceptors (Lipinski definition) is 3. The van der Waals surface area contributed by atoms with Crippen LogP contribution in [0, 0.1) is 0 Å². The van der Waals surface area contributed by atoms with Crippen LogP contribution < -0.4 is 5.32 Å². The number of hydrogen-bond donors (Lipinski definition) is 1. The summed E-state index contributed by atoms with van der Waals surface area (Å²) in [6.07, 6.45) is 1.63. The third-order valence-corrected chi connectivity index (χ3v) is 5.34. The molecule has 0 aromatic heterocycles. The third kappa shape index (κ3) is 3.48. The zero-order chi connectivity index (χ0) is 14.5. The number of para-hydroxylation sites is 1. The summed E-state index contributed by atoms with van der Waals surface area (Å²) >= 11 is 0. The van der Waals surface area contributed by atoms with E-state index in [1.165, 1.54) is 4.31 Å². The molecule has 4 nitrogen and oxygen atoms in total. The molecule has 0 heterocycles. The van der Waals surface area contributed by atoms with Gasteiger partial charge in [0.05, 0.1) is 5.69 Å². The van der Waals surface area contributed by atoms with Gasteiger partial charge in [-0.3, -0.25) is 0 Å². The van der Waals surface area contributed by atoms with E-state index in [0.29, 0.717) is 17.1 Å². The van der Waals surface area contributed by atoms with Gasteiger partial charge in [-0.1, -0.05) is 26.0 Å². The Morgan fingerprint density at radius 1 is 1.16 bits per heavy atom. The lowest BCUT2D eigenvalue weighted by Gasteiger charge is -2.26. The van der Waals surface area contributed by atoms with Crippen LogP contribution in [0.25, 0.3) is 0 Å². The molecular weight excluding hydrogens is 260 g/mol. The number of nitrogens with one attached hydrogen (secondary N) is 1. The fourth-order valence-corrected chi connectivity index (χ4v) is 3.85. The highest BCUT2D eigenvalue weighted by Crippen LogP contribution is 2.26. The van der Waals surface area contributed by atoms with Gasteiger partial charge in [-0.15, -0.1) is 0 Å². The van der Waals surface area contributed by atoms with Crippen molar-refractivity contribution in [2.24, 2.45) is 0 Å². The monoisotopic (exact) mass is 284 g/mol. The highest BCUT2D eigenvalue weighted by atomic mass is 32.2. The normalized spacial score (nSPS) is 12.1. The lowest BCUT2D eigenvalue weighted by Crippen LogP contribution is -2.36. The summed E-state index contributed by atoms with van der Waals surface area (Å²) < 4.78 is 26.8. The van der Waals surface area contributed by atoms with Crippen LogP contribution in [-0.2, 0) is 10.0 Å². The quantitative estimate of drug-likeness (QED) is 0.837. The van der Waals surface area contributed by atoms with Crippen LogP contribution in [0.5, 0.6) is 0 Å². The van der Waals surface area contributed by atoms with Crippen LogP contribution in [0.15, 0.2) is 29.2 Å². The van der Waals surface area contributed by atoms with Crippen LogP contribution in [0.1, 0.15) is 33.6 Å². The topological polar surface area (TPSA) is 49.4 Å². The van der Waals surface area contributed by atoms with Crippen LogP contribution in [0.3, 0.4) is 0 Å².